The molecule has 82 valence electrons. The van der Waals surface area contributed by atoms with E-state index in [1.807, 2.05) is 0 Å². The first-order chi connectivity index (χ1) is 7.25. The van der Waals surface area contributed by atoms with Gasteiger partial charge in [-0.3, -0.25) is 0 Å². The molecule has 1 heterocycles. The molecule has 0 saturated carbocycles. The Morgan fingerprint density at radius 2 is 1.87 bits per heavy atom. The number of rotatable bonds is 1. The van der Waals surface area contributed by atoms with Crippen LogP contribution >= 0.6 is 15.9 Å². The van der Waals surface area contributed by atoms with Crippen LogP contribution in [0, 0.1) is 0 Å². The van der Waals surface area contributed by atoms with Gasteiger partial charge in [0.25, 0.3) is 0 Å². The predicted octanol–water partition coefficient (Wildman–Crippen LogP) is 2.77. The highest BCUT2D eigenvalue weighted by atomic mass is 79.9. The minimum Gasteiger partial charge on any atom is -0.371 e. The summed E-state index contributed by atoms with van der Waals surface area (Å²) in [5.41, 5.74) is 7.28. The summed E-state index contributed by atoms with van der Waals surface area (Å²) in [5, 5.41) is 0. The van der Waals surface area contributed by atoms with E-state index in [2.05, 4.69) is 45.1 Å². The maximum Gasteiger partial charge on any atom is 0.0366 e. The highest BCUT2D eigenvalue weighted by Crippen LogP contribution is 2.21. The van der Waals surface area contributed by atoms with Crippen LogP contribution in [0.15, 0.2) is 28.7 Å². The third-order valence-electron chi connectivity index (χ3n) is 2.96. The molecule has 0 bridgehead atoms. The molecular weight excluding hydrogens is 252 g/mol. The highest BCUT2D eigenvalue weighted by Gasteiger charge is 2.13. The summed E-state index contributed by atoms with van der Waals surface area (Å²) >= 11 is 3.46. The van der Waals surface area contributed by atoms with Crippen LogP contribution in [0.2, 0.25) is 0 Å². The molecule has 0 spiro atoms. The third kappa shape index (κ3) is 2.95. The lowest BCUT2D eigenvalue weighted by molar-refractivity contribution is 0.601. The van der Waals surface area contributed by atoms with Gasteiger partial charge in [-0.25, -0.2) is 0 Å². The van der Waals surface area contributed by atoms with Gasteiger partial charge in [0.15, 0.2) is 0 Å². The van der Waals surface area contributed by atoms with Crippen LogP contribution in [0.1, 0.15) is 19.3 Å². The molecular formula is C12H17BrN2. The van der Waals surface area contributed by atoms with Gasteiger partial charge in [0, 0.05) is 29.3 Å². The lowest BCUT2D eigenvalue weighted by Crippen LogP contribution is -2.26. The zero-order valence-corrected chi connectivity index (χ0v) is 10.4. The van der Waals surface area contributed by atoms with Crippen molar-refractivity contribution in [3.8, 4) is 0 Å². The monoisotopic (exact) mass is 268 g/mol. The van der Waals surface area contributed by atoms with E-state index in [1.54, 1.807) is 0 Å². The predicted molar refractivity (Wildman–Crippen MR) is 68.2 cm³/mol. The summed E-state index contributed by atoms with van der Waals surface area (Å²) in [7, 11) is 0. The summed E-state index contributed by atoms with van der Waals surface area (Å²) in [4.78, 5) is 2.43. The first-order valence-corrected chi connectivity index (χ1v) is 6.31. The van der Waals surface area contributed by atoms with Crippen LogP contribution in [-0.4, -0.2) is 19.1 Å². The molecule has 0 aliphatic carbocycles. The number of hydrogen-bond acceptors (Lipinski definition) is 2. The zero-order valence-electron chi connectivity index (χ0n) is 8.82. The highest BCUT2D eigenvalue weighted by molar-refractivity contribution is 9.10. The fourth-order valence-corrected chi connectivity index (χ4v) is 2.30. The second kappa shape index (κ2) is 4.99. The molecule has 1 fully saturated rings. The number of benzene rings is 1. The van der Waals surface area contributed by atoms with Gasteiger partial charge in [0.2, 0.25) is 0 Å². The molecule has 1 aliphatic heterocycles. The topological polar surface area (TPSA) is 29.3 Å². The van der Waals surface area contributed by atoms with Crippen LogP contribution in [0.3, 0.4) is 0 Å². The molecule has 1 unspecified atom stereocenters. The average molecular weight is 269 g/mol. The van der Waals surface area contributed by atoms with E-state index in [-0.39, 0.29) is 0 Å². The maximum atomic E-state index is 5.96. The molecule has 1 saturated heterocycles. The first-order valence-electron chi connectivity index (χ1n) is 5.52. The lowest BCUT2D eigenvalue weighted by Gasteiger charge is -2.22. The normalized spacial score (nSPS) is 22.5. The Labute approximate surface area is 99.6 Å². The van der Waals surface area contributed by atoms with E-state index in [4.69, 9.17) is 5.73 Å². The molecule has 15 heavy (non-hydrogen) atoms. The van der Waals surface area contributed by atoms with E-state index in [9.17, 15) is 0 Å². The second-order valence-corrected chi connectivity index (χ2v) is 5.07. The zero-order chi connectivity index (χ0) is 10.7. The number of halogens is 1. The molecule has 1 aliphatic rings. The maximum absolute atomic E-state index is 5.96. The van der Waals surface area contributed by atoms with Gasteiger partial charge in [-0.2, -0.15) is 0 Å². The lowest BCUT2D eigenvalue weighted by atomic mass is 10.1. The van der Waals surface area contributed by atoms with Crippen LogP contribution in [0.4, 0.5) is 5.69 Å². The van der Waals surface area contributed by atoms with Crippen LogP contribution in [0.5, 0.6) is 0 Å². The fraction of sp³-hybridized carbons (Fsp3) is 0.500. The molecule has 0 aromatic heterocycles. The van der Waals surface area contributed by atoms with Crippen LogP contribution in [-0.2, 0) is 0 Å². The molecule has 1 aromatic carbocycles. The van der Waals surface area contributed by atoms with Crippen molar-refractivity contribution in [3.63, 3.8) is 0 Å². The largest absolute Gasteiger partial charge is 0.371 e. The van der Waals surface area contributed by atoms with Crippen molar-refractivity contribution in [1.82, 2.24) is 0 Å². The van der Waals surface area contributed by atoms with E-state index < -0.39 is 0 Å². The molecule has 1 aromatic rings. The van der Waals surface area contributed by atoms with Crippen molar-refractivity contribution in [1.29, 1.82) is 0 Å². The summed E-state index contributed by atoms with van der Waals surface area (Å²) < 4.78 is 1.14. The standard InChI is InChI=1S/C12H17BrN2/c13-10-3-5-12(6-4-10)15-8-1-2-11(14)7-9-15/h3-6,11H,1-2,7-9,14H2. The summed E-state index contributed by atoms with van der Waals surface area (Å²) in [6, 6.07) is 8.92. The average Bonchev–Trinajstić information content (AvgIpc) is 2.44. The van der Waals surface area contributed by atoms with Gasteiger partial charge < -0.3 is 10.6 Å². The number of nitrogens with zero attached hydrogens (tertiary/aromatic N) is 1. The van der Waals surface area contributed by atoms with E-state index in [1.165, 1.54) is 12.1 Å². The van der Waals surface area contributed by atoms with Crippen LogP contribution in [0.25, 0.3) is 0 Å². The van der Waals surface area contributed by atoms with Gasteiger partial charge >= 0.3 is 0 Å². The molecule has 2 N–H and O–H groups in total. The van der Waals surface area contributed by atoms with Gasteiger partial charge in [0.05, 0.1) is 0 Å². The van der Waals surface area contributed by atoms with Crippen molar-refractivity contribution in [2.24, 2.45) is 5.73 Å². The van der Waals surface area contributed by atoms with Crippen molar-refractivity contribution in [3.05, 3.63) is 28.7 Å². The van der Waals surface area contributed by atoms with Gasteiger partial charge in [-0.05, 0) is 43.5 Å². The fourth-order valence-electron chi connectivity index (χ4n) is 2.03. The van der Waals surface area contributed by atoms with Crippen molar-refractivity contribution in [2.75, 3.05) is 18.0 Å². The summed E-state index contributed by atoms with van der Waals surface area (Å²) in [6.45, 7) is 2.22. The molecule has 3 heteroatoms. The number of hydrogen-bond donors (Lipinski definition) is 1. The van der Waals surface area contributed by atoms with Crippen molar-refractivity contribution >= 4 is 21.6 Å². The summed E-state index contributed by atoms with van der Waals surface area (Å²) in [6.07, 6.45) is 3.47. The van der Waals surface area contributed by atoms with Crippen LogP contribution < -0.4 is 10.6 Å². The Morgan fingerprint density at radius 3 is 2.60 bits per heavy atom. The molecule has 0 amide bonds. The van der Waals surface area contributed by atoms with Gasteiger partial charge in [-0.1, -0.05) is 15.9 Å². The quantitative estimate of drug-likeness (QED) is 0.849. The Bertz CT molecular complexity index is 310. The minimum atomic E-state index is 0.394. The Hall–Kier alpha value is -0.540. The Balaban J connectivity index is 2.06. The number of nitrogens with two attached hydrogens (primary N) is 1. The Kier molecular flexibility index (Phi) is 3.65. The van der Waals surface area contributed by atoms with Gasteiger partial charge in [-0.15, -0.1) is 0 Å². The Morgan fingerprint density at radius 1 is 1.13 bits per heavy atom. The van der Waals surface area contributed by atoms with Crippen molar-refractivity contribution < 1.29 is 0 Å². The molecule has 2 rings (SSSR count). The summed E-state index contributed by atoms with van der Waals surface area (Å²) in [5.74, 6) is 0. The first kappa shape index (κ1) is 11.0. The molecule has 0 radical (unpaired) electrons. The third-order valence-corrected chi connectivity index (χ3v) is 3.49. The minimum absolute atomic E-state index is 0.394. The van der Waals surface area contributed by atoms with Gasteiger partial charge in [0.1, 0.15) is 0 Å². The SMILES string of the molecule is NC1CCCN(c2ccc(Br)cc2)CC1. The van der Waals surface area contributed by atoms with E-state index in [0.717, 1.165) is 30.4 Å². The number of anilines is 1. The van der Waals surface area contributed by atoms with E-state index in [0.29, 0.717) is 6.04 Å². The molecule has 2 nitrogen and oxygen atoms in total. The van der Waals surface area contributed by atoms with E-state index >= 15 is 0 Å². The molecule has 1 atom stereocenters. The van der Waals surface area contributed by atoms with Crippen molar-refractivity contribution in [2.45, 2.75) is 25.3 Å². The smallest absolute Gasteiger partial charge is 0.0366 e. The second-order valence-electron chi connectivity index (χ2n) is 4.15.